The van der Waals surface area contributed by atoms with E-state index in [0.717, 1.165) is 56.1 Å². The summed E-state index contributed by atoms with van der Waals surface area (Å²) < 4.78 is 0. The first-order valence-corrected chi connectivity index (χ1v) is 6.84. The van der Waals surface area contributed by atoms with Crippen molar-refractivity contribution in [2.24, 2.45) is 0 Å². The number of hydrogen-bond donors (Lipinski definition) is 1. The summed E-state index contributed by atoms with van der Waals surface area (Å²) in [6.45, 7) is 8.50. The van der Waals surface area contributed by atoms with Crippen molar-refractivity contribution < 1.29 is 0 Å². The van der Waals surface area contributed by atoms with Crippen molar-refractivity contribution in [3.05, 3.63) is 29.3 Å². The lowest BCUT2D eigenvalue weighted by Crippen LogP contribution is -2.45. The van der Waals surface area contributed by atoms with Gasteiger partial charge in [-0.2, -0.15) is 5.26 Å². The molecule has 0 atom stereocenters. The SMILES string of the molecule is Cc1ccc(NCCN2CCN(C)CC2)c(C#N)c1. The highest BCUT2D eigenvalue weighted by Gasteiger charge is 2.12. The van der Waals surface area contributed by atoms with Crippen LogP contribution in [0.4, 0.5) is 5.69 Å². The van der Waals surface area contributed by atoms with Gasteiger partial charge in [0.1, 0.15) is 6.07 Å². The van der Waals surface area contributed by atoms with Crippen molar-refractivity contribution in [2.45, 2.75) is 6.92 Å². The molecule has 0 unspecified atom stereocenters. The van der Waals surface area contributed by atoms with Crippen LogP contribution in [-0.4, -0.2) is 56.1 Å². The van der Waals surface area contributed by atoms with E-state index in [9.17, 15) is 0 Å². The van der Waals surface area contributed by atoms with E-state index in [1.54, 1.807) is 0 Å². The standard InChI is InChI=1S/C15H22N4/c1-13-3-4-15(14(11-13)12-16)17-5-6-19-9-7-18(2)8-10-19/h3-4,11,17H,5-10H2,1-2H3. The monoisotopic (exact) mass is 258 g/mol. The third-order valence-electron chi connectivity index (χ3n) is 3.63. The molecule has 0 aliphatic carbocycles. The zero-order valence-electron chi connectivity index (χ0n) is 11.8. The van der Waals surface area contributed by atoms with Crippen LogP contribution in [0.25, 0.3) is 0 Å². The lowest BCUT2D eigenvalue weighted by Gasteiger charge is -2.32. The van der Waals surface area contributed by atoms with Gasteiger partial charge in [0.25, 0.3) is 0 Å². The molecule has 0 spiro atoms. The van der Waals surface area contributed by atoms with Gasteiger partial charge < -0.3 is 10.2 Å². The molecule has 4 nitrogen and oxygen atoms in total. The zero-order chi connectivity index (χ0) is 13.7. The van der Waals surface area contributed by atoms with E-state index in [1.165, 1.54) is 0 Å². The van der Waals surface area contributed by atoms with Gasteiger partial charge in [-0.25, -0.2) is 0 Å². The summed E-state index contributed by atoms with van der Waals surface area (Å²) in [6, 6.07) is 8.22. The third-order valence-corrected chi connectivity index (χ3v) is 3.63. The number of aryl methyl sites for hydroxylation is 1. The summed E-state index contributed by atoms with van der Waals surface area (Å²) in [5.74, 6) is 0. The first kappa shape index (κ1) is 13.9. The molecule has 2 rings (SSSR count). The highest BCUT2D eigenvalue weighted by Crippen LogP contribution is 2.15. The molecule has 0 amide bonds. The fraction of sp³-hybridized carbons (Fsp3) is 0.533. The molecule has 1 fully saturated rings. The molecule has 4 heteroatoms. The smallest absolute Gasteiger partial charge is 0.101 e. The normalized spacial score (nSPS) is 17.1. The zero-order valence-corrected chi connectivity index (χ0v) is 11.8. The predicted molar refractivity (Wildman–Crippen MR) is 78.3 cm³/mol. The summed E-state index contributed by atoms with van der Waals surface area (Å²) in [7, 11) is 2.17. The Balaban J connectivity index is 1.81. The van der Waals surface area contributed by atoms with Gasteiger partial charge >= 0.3 is 0 Å². The first-order chi connectivity index (χ1) is 9.19. The topological polar surface area (TPSA) is 42.3 Å². The Morgan fingerprint density at radius 3 is 2.68 bits per heavy atom. The minimum absolute atomic E-state index is 0.735. The van der Waals surface area contributed by atoms with Crippen molar-refractivity contribution in [2.75, 3.05) is 51.6 Å². The maximum Gasteiger partial charge on any atom is 0.101 e. The number of nitriles is 1. The second-order valence-corrected chi connectivity index (χ2v) is 5.23. The Labute approximate surface area is 115 Å². The lowest BCUT2D eigenvalue weighted by molar-refractivity contribution is 0.158. The Morgan fingerprint density at radius 1 is 1.26 bits per heavy atom. The Kier molecular flexibility index (Phi) is 4.78. The molecule has 1 heterocycles. The number of piperazine rings is 1. The van der Waals surface area contributed by atoms with Crippen molar-refractivity contribution in [3.63, 3.8) is 0 Å². The van der Waals surface area contributed by atoms with E-state index in [2.05, 4.69) is 28.2 Å². The maximum atomic E-state index is 9.11. The van der Waals surface area contributed by atoms with Crippen LogP contribution < -0.4 is 5.32 Å². The molecule has 1 aromatic carbocycles. The number of nitrogens with zero attached hydrogens (tertiary/aromatic N) is 3. The van der Waals surface area contributed by atoms with Crippen LogP contribution in [0.5, 0.6) is 0 Å². The van der Waals surface area contributed by atoms with Crippen LogP contribution in [0.15, 0.2) is 18.2 Å². The van der Waals surface area contributed by atoms with Crippen molar-refractivity contribution >= 4 is 5.69 Å². The summed E-state index contributed by atoms with van der Waals surface area (Å²) >= 11 is 0. The molecule has 0 saturated carbocycles. The number of anilines is 1. The van der Waals surface area contributed by atoms with E-state index in [4.69, 9.17) is 5.26 Å². The largest absolute Gasteiger partial charge is 0.383 e. The minimum atomic E-state index is 0.735. The molecular formula is C15H22N4. The lowest BCUT2D eigenvalue weighted by atomic mass is 10.1. The van der Waals surface area contributed by atoms with Gasteiger partial charge in [0.05, 0.1) is 11.3 Å². The van der Waals surface area contributed by atoms with E-state index in [0.29, 0.717) is 0 Å². The van der Waals surface area contributed by atoms with E-state index >= 15 is 0 Å². The Hall–Kier alpha value is -1.57. The van der Waals surface area contributed by atoms with Crippen LogP contribution in [0.3, 0.4) is 0 Å². The second-order valence-electron chi connectivity index (χ2n) is 5.23. The molecule has 102 valence electrons. The number of hydrogen-bond acceptors (Lipinski definition) is 4. The summed E-state index contributed by atoms with van der Waals surface area (Å²) in [4.78, 5) is 4.82. The summed E-state index contributed by atoms with van der Waals surface area (Å²) in [5, 5.41) is 12.5. The molecule has 0 radical (unpaired) electrons. The van der Waals surface area contributed by atoms with Crippen LogP contribution in [0.1, 0.15) is 11.1 Å². The van der Waals surface area contributed by atoms with Gasteiger partial charge in [0.2, 0.25) is 0 Å². The fourth-order valence-corrected chi connectivity index (χ4v) is 2.32. The van der Waals surface area contributed by atoms with Crippen molar-refractivity contribution in [1.29, 1.82) is 5.26 Å². The van der Waals surface area contributed by atoms with Crippen LogP contribution in [-0.2, 0) is 0 Å². The summed E-state index contributed by atoms with van der Waals surface area (Å²) in [6.07, 6.45) is 0. The van der Waals surface area contributed by atoms with Crippen LogP contribution in [0.2, 0.25) is 0 Å². The number of nitrogens with one attached hydrogen (secondary N) is 1. The second kappa shape index (κ2) is 6.55. The van der Waals surface area contributed by atoms with Crippen molar-refractivity contribution in [1.82, 2.24) is 9.80 Å². The van der Waals surface area contributed by atoms with E-state index in [-0.39, 0.29) is 0 Å². The van der Waals surface area contributed by atoms with Gasteiger partial charge in [-0.05, 0) is 31.7 Å². The molecular weight excluding hydrogens is 236 g/mol. The third kappa shape index (κ3) is 3.95. The van der Waals surface area contributed by atoms with Crippen LogP contribution >= 0.6 is 0 Å². The molecule has 1 aromatic rings. The molecule has 0 aromatic heterocycles. The fourth-order valence-electron chi connectivity index (χ4n) is 2.32. The van der Waals surface area contributed by atoms with Gasteiger partial charge in [0.15, 0.2) is 0 Å². The van der Waals surface area contributed by atoms with E-state index in [1.807, 2.05) is 25.1 Å². The van der Waals surface area contributed by atoms with Gasteiger partial charge in [-0.15, -0.1) is 0 Å². The van der Waals surface area contributed by atoms with Crippen LogP contribution in [0, 0.1) is 18.3 Å². The average molecular weight is 258 g/mol. The van der Waals surface area contributed by atoms with Crippen molar-refractivity contribution in [3.8, 4) is 6.07 Å². The molecule has 1 N–H and O–H groups in total. The molecule has 19 heavy (non-hydrogen) atoms. The highest BCUT2D eigenvalue weighted by molar-refractivity contribution is 5.58. The van der Waals surface area contributed by atoms with E-state index < -0.39 is 0 Å². The van der Waals surface area contributed by atoms with Gasteiger partial charge in [-0.1, -0.05) is 6.07 Å². The minimum Gasteiger partial charge on any atom is -0.383 e. The predicted octanol–water partition coefficient (Wildman–Crippen LogP) is 1.53. The quantitative estimate of drug-likeness (QED) is 0.889. The number of benzene rings is 1. The molecule has 1 aliphatic rings. The summed E-state index contributed by atoms with van der Waals surface area (Å²) in [5.41, 5.74) is 2.81. The molecule has 0 bridgehead atoms. The number of likely N-dealkylation sites (N-methyl/N-ethyl adjacent to an activating group) is 1. The van der Waals surface area contributed by atoms with Gasteiger partial charge in [0, 0.05) is 39.3 Å². The first-order valence-electron chi connectivity index (χ1n) is 6.84. The highest BCUT2D eigenvalue weighted by atomic mass is 15.2. The number of rotatable bonds is 4. The Bertz CT molecular complexity index is 456. The maximum absolute atomic E-state index is 9.11. The van der Waals surface area contributed by atoms with Gasteiger partial charge in [-0.3, -0.25) is 4.90 Å². The average Bonchev–Trinajstić information content (AvgIpc) is 2.42. The molecule has 1 saturated heterocycles. The Morgan fingerprint density at radius 2 is 2.00 bits per heavy atom. The molecule has 1 aliphatic heterocycles.